The van der Waals surface area contributed by atoms with Crippen LogP contribution in [-0.4, -0.2) is 50.9 Å². The van der Waals surface area contributed by atoms with Crippen molar-refractivity contribution in [2.24, 2.45) is 0 Å². The van der Waals surface area contributed by atoms with Gasteiger partial charge in [-0.1, -0.05) is 48.5 Å². The molecule has 230 valence electrons. The Hall–Kier alpha value is -3.34. The minimum atomic E-state index is -4.32. The third-order valence-corrected chi connectivity index (χ3v) is 10.0. The maximum atomic E-state index is 14.1. The van der Waals surface area contributed by atoms with Gasteiger partial charge in [-0.05, 0) is 80.4 Å². The average Bonchev–Trinajstić information content (AvgIpc) is 3.00. The number of halogens is 3. The van der Waals surface area contributed by atoms with Crippen LogP contribution in [0, 0.1) is 5.82 Å². The molecule has 1 fully saturated rings. The number of amides is 2. The molecule has 0 bridgehead atoms. The third kappa shape index (κ3) is 7.99. The van der Waals surface area contributed by atoms with E-state index in [0.29, 0.717) is 21.4 Å². The van der Waals surface area contributed by atoms with Crippen LogP contribution < -0.4 is 14.4 Å². The Bertz CT molecular complexity index is 1510. The summed E-state index contributed by atoms with van der Waals surface area (Å²) in [5.74, 6) is -1.16. The monoisotopic (exact) mass is 649 g/mol. The number of nitrogens with zero attached hydrogens (tertiary/aromatic N) is 2. The zero-order valence-corrected chi connectivity index (χ0v) is 26.3. The van der Waals surface area contributed by atoms with E-state index < -0.39 is 34.3 Å². The molecule has 3 aromatic rings. The van der Waals surface area contributed by atoms with Gasteiger partial charge in [0, 0.05) is 28.2 Å². The van der Waals surface area contributed by atoms with Crippen LogP contribution in [0.3, 0.4) is 0 Å². The van der Waals surface area contributed by atoms with Crippen molar-refractivity contribution in [1.82, 2.24) is 10.2 Å². The number of rotatable bonds is 11. The number of nitrogens with one attached hydrogen (secondary N) is 1. The van der Waals surface area contributed by atoms with E-state index in [0.717, 1.165) is 48.5 Å². The van der Waals surface area contributed by atoms with Crippen molar-refractivity contribution in [1.29, 1.82) is 0 Å². The van der Waals surface area contributed by atoms with Gasteiger partial charge in [0.15, 0.2) is 0 Å². The summed E-state index contributed by atoms with van der Waals surface area (Å²) in [6.45, 7) is 0.764. The number of anilines is 1. The Kier molecular flexibility index (Phi) is 10.9. The fraction of sp³-hybridized carbons (Fsp3) is 0.355. The number of carbonyl (C=O) groups excluding carboxylic acids is 2. The highest BCUT2D eigenvalue weighted by atomic mass is 35.5. The highest BCUT2D eigenvalue weighted by molar-refractivity contribution is 7.92. The Morgan fingerprint density at radius 3 is 2.16 bits per heavy atom. The first-order valence-electron chi connectivity index (χ1n) is 14.0. The van der Waals surface area contributed by atoms with E-state index in [9.17, 15) is 22.4 Å². The number of sulfonamides is 1. The largest absolute Gasteiger partial charge is 0.497 e. The summed E-state index contributed by atoms with van der Waals surface area (Å²) in [6.07, 6.45) is 4.82. The lowest BCUT2D eigenvalue weighted by atomic mass is 9.95. The van der Waals surface area contributed by atoms with Crippen LogP contribution in [0.2, 0.25) is 10.0 Å². The summed E-state index contributed by atoms with van der Waals surface area (Å²) in [5, 5.41) is 3.64. The van der Waals surface area contributed by atoms with Gasteiger partial charge in [-0.2, -0.15) is 0 Å². The molecule has 8 nitrogen and oxygen atoms in total. The molecule has 2 amide bonds. The first kappa shape index (κ1) is 32.6. The van der Waals surface area contributed by atoms with E-state index in [1.807, 2.05) is 0 Å². The molecule has 3 aromatic carbocycles. The van der Waals surface area contributed by atoms with Gasteiger partial charge in [-0.25, -0.2) is 12.8 Å². The van der Waals surface area contributed by atoms with Crippen LogP contribution in [0.1, 0.15) is 44.6 Å². The fourth-order valence-electron chi connectivity index (χ4n) is 5.02. The van der Waals surface area contributed by atoms with Crippen molar-refractivity contribution in [2.45, 2.75) is 62.6 Å². The second-order valence-corrected chi connectivity index (χ2v) is 13.1. The van der Waals surface area contributed by atoms with Crippen molar-refractivity contribution >= 4 is 50.7 Å². The average molecular weight is 651 g/mol. The van der Waals surface area contributed by atoms with E-state index in [4.69, 9.17) is 27.9 Å². The fourth-order valence-corrected chi connectivity index (χ4v) is 6.95. The SMILES string of the molecule is COc1ccc(S(=O)(=O)N(CC(=O)N(Cc2c(Cl)cccc2Cl)[C@@H](C)C(=O)NC2CCCCC2)c2ccc(F)cc2)cc1. The highest BCUT2D eigenvalue weighted by Crippen LogP contribution is 2.29. The smallest absolute Gasteiger partial charge is 0.264 e. The van der Waals surface area contributed by atoms with Gasteiger partial charge < -0.3 is 15.0 Å². The molecule has 1 saturated carbocycles. The van der Waals surface area contributed by atoms with Gasteiger partial charge in [0.05, 0.1) is 17.7 Å². The molecule has 43 heavy (non-hydrogen) atoms. The van der Waals surface area contributed by atoms with Gasteiger partial charge in [-0.15, -0.1) is 0 Å². The van der Waals surface area contributed by atoms with Gasteiger partial charge >= 0.3 is 0 Å². The van der Waals surface area contributed by atoms with Crippen molar-refractivity contribution < 1.29 is 27.1 Å². The molecule has 1 aliphatic carbocycles. The van der Waals surface area contributed by atoms with Crippen molar-refractivity contribution in [2.75, 3.05) is 18.0 Å². The van der Waals surface area contributed by atoms with Crippen molar-refractivity contribution in [3.05, 3.63) is 88.2 Å². The molecule has 0 heterocycles. The zero-order valence-electron chi connectivity index (χ0n) is 23.9. The van der Waals surface area contributed by atoms with E-state index in [1.165, 1.54) is 48.4 Å². The van der Waals surface area contributed by atoms with Gasteiger partial charge in [-0.3, -0.25) is 13.9 Å². The normalized spacial score (nSPS) is 14.5. The van der Waals surface area contributed by atoms with Gasteiger partial charge in [0.2, 0.25) is 11.8 Å². The molecule has 1 N–H and O–H groups in total. The maximum absolute atomic E-state index is 14.1. The van der Waals surface area contributed by atoms with Crippen LogP contribution in [-0.2, 0) is 26.2 Å². The third-order valence-electron chi connectivity index (χ3n) is 7.55. The molecular weight excluding hydrogens is 616 g/mol. The van der Waals surface area contributed by atoms with E-state index in [-0.39, 0.29) is 29.1 Å². The Balaban J connectivity index is 1.70. The molecular formula is C31H34Cl2FN3O5S. The minimum absolute atomic E-state index is 0.00397. The summed E-state index contributed by atoms with van der Waals surface area (Å²) in [7, 11) is -2.87. The lowest BCUT2D eigenvalue weighted by molar-refractivity contribution is -0.139. The lowest BCUT2D eigenvalue weighted by Gasteiger charge is -2.33. The second kappa shape index (κ2) is 14.4. The second-order valence-electron chi connectivity index (χ2n) is 10.4. The predicted molar refractivity (Wildman–Crippen MR) is 165 cm³/mol. The zero-order chi connectivity index (χ0) is 31.1. The molecule has 0 radical (unpaired) electrons. The Labute approximate surface area is 261 Å². The Morgan fingerprint density at radius 2 is 1.58 bits per heavy atom. The summed E-state index contributed by atoms with van der Waals surface area (Å²) in [5.41, 5.74) is 0.489. The van der Waals surface area contributed by atoms with Crippen LogP contribution in [0.15, 0.2) is 71.6 Å². The molecule has 12 heteroatoms. The number of methoxy groups -OCH3 is 1. The summed E-state index contributed by atoms with van der Waals surface area (Å²) >= 11 is 12.9. The number of hydrogen-bond acceptors (Lipinski definition) is 5. The van der Waals surface area contributed by atoms with E-state index in [2.05, 4.69) is 5.32 Å². The molecule has 0 saturated heterocycles. The molecule has 4 rings (SSSR count). The van der Waals surface area contributed by atoms with Crippen molar-refractivity contribution in [3.8, 4) is 5.75 Å². The summed E-state index contributed by atoms with van der Waals surface area (Å²) < 4.78 is 47.7. The first-order chi connectivity index (χ1) is 20.5. The molecule has 0 spiro atoms. The first-order valence-corrected chi connectivity index (χ1v) is 16.2. The van der Waals surface area contributed by atoms with Gasteiger partial charge in [0.1, 0.15) is 24.2 Å². The van der Waals surface area contributed by atoms with Crippen LogP contribution in [0.4, 0.5) is 10.1 Å². The van der Waals surface area contributed by atoms with Crippen LogP contribution in [0.25, 0.3) is 0 Å². The summed E-state index contributed by atoms with van der Waals surface area (Å²) in [6, 6.07) is 14.4. The minimum Gasteiger partial charge on any atom is -0.497 e. The number of benzene rings is 3. The Morgan fingerprint density at radius 1 is 0.977 bits per heavy atom. The molecule has 0 aromatic heterocycles. The number of hydrogen-bond donors (Lipinski definition) is 1. The number of ether oxygens (including phenoxy) is 1. The van der Waals surface area contributed by atoms with Crippen molar-refractivity contribution in [3.63, 3.8) is 0 Å². The van der Waals surface area contributed by atoms with Crippen LogP contribution >= 0.6 is 23.2 Å². The standard InChI is InChI=1S/C31H34Cl2FN3O5S/c1-21(31(39)35-23-7-4-3-5-8-23)36(19-27-28(32)9-6-10-29(27)33)30(38)20-37(24-13-11-22(34)12-14-24)43(40,41)26-17-15-25(42-2)16-18-26/h6,9-18,21,23H,3-5,7-8,19-20H2,1-2H3,(H,35,39)/t21-/m0/s1. The predicted octanol–water partition coefficient (Wildman–Crippen LogP) is 6.20. The molecule has 1 aliphatic rings. The lowest BCUT2D eigenvalue weighted by Crippen LogP contribution is -2.53. The molecule has 0 unspecified atom stereocenters. The van der Waals surface area contributed by atoms with Gasteiger partial charge in [0.25, 0.3) is 10.0 Å². The number of carbonyl (C=O) groups is 2. The summed E-state index contributed by atoms with van der Waals surface area (Å²) in [4.78, 5) is 28.7. The molecule has 0 aliphatic heterocycles. The van der Waals surface area contributed by atoms with E-state index >= 15 is 0 Å². The highest BCUT2D eigenvalue weighted by Gasteiger charge is 2.34. The molecule has 1 atom stereocenters. The van der Waals surface area contributed by atoms with Crippen LogP contribution in [0.5, 0.6) is 5.75 Å². The maximum Gasteiger partial charge on any atom is 0.264 e. The topological polar surface area (TPSA) is 96.0 Å². The quantitative estimate of drug-likeness (QED) is 0.267. The van der Waals surface area contributed by atoms with E-state index in [1.54, 1.807) is 25.1 Å².